The Morgan fingerprint density at radius 3 is 2.61 bits per heavy atom. The van der Waals surface area contributed by atoms with Gasteiger partial charge in [0.25, 0.3) is 0 Å². The maximum absolute atomic E-state index is 6.13. The number of rotatable bonds is 2. The lowest BCUT2D eigenvalue weighted by atomic mass is 9.82. The molecule has 0 fully saturated rings. The summed E-state index contributed by atoms with van der Waals surface area (Å²) in [7, 11) is 3.69. The van der Waals surface area contributed by atoms with Crippen LogP contribution in [-0.4, -0.2) is 20.3 Å². The molecule has 0 amide bonds. The second-order valence-corrected chi connectivity index (χ2v) is 5.95. The molecule has 0 saturated heterocycles. The lowest BCUT2D eigenvalue weighted by Crippen LogP contribution is -2.39. The Morgan fingerprint density at radius 1 is 1.33 bits per heavy atom. The molecule has 1 N–H and O–H groups in total. The van der Waals surface area contributed by atoms with Crippen LogP contribution in [0.1, 0.15) is 38.8 Å². The fourth-order valence-electron chi connectivity index (χ4n) is 2.38. The molecular formula is C15H23NO2. The molecule has 0 saturated carbocycles. The van der Waals surface area contributed by atoms with Crippen molar-refractivity contribution in [1.82, 2.24) is 5.32 Å². The van der Waals surface area contributed by atoms with Crippen molar-refractivity contribution < 1.29 is 9.47 Å². The number of ether oxygens (including phenoxy) is 2. The average Bonchev–Trinajstić information content (AvgIpc) is 2.35. The summed E-state index contributed by atoms with van der Waals surface area (Å²) >= 11 is 0. The molecule has 0 spiro atoms. The van der Waals surface area contributed by atoms with E-state index in [4.69, 9.17) is 9.47 Å². The molecule has 1 aromatic rings. The third kappa shape index (κ3) is 2.46. The van der Waals surface area contributed by atoms with Gasteiger partial charge in [0.15, 0.2) is 0 Å². The van der Waals surface area contributed by atoms with Gasteiger partial charge in [0, 0.05) is 18.0 Å². The van der Waals surface area contributed by atoms with E-state index in [-0.39, 0.29) is 11.5 Å². The highest BCUT2D eigenvalue weighted by molar-refractivity contribution is 5.43. The zero-order chi connectivity index (χ0) is 13.3. The minimum atomic E-state index is 0.146. The molecule has 3 nitrogen and oxygen atoms in total. The van der Waals surface area contributed by atoms with E-state index in [1.807, 2.05) is 19.2 Å². The van der Waals surface area contributed by atoms with Gasteiger partial charge in [-0.25, -0.2) is 0 Å². The number of methoxy groups -OCH3 is 1. The van der Waals surface area contributed by atoms with Crippen LogP contribution >= 0.6 is 0 Å². The van der Waals surface area contributed by atoms with Crippen LogP contribution in [0.2, 0.25) is 0 Å². The van der Waals surface area contributed by atoms with Crippen LogP contribution in [0.5, 0.6) is 11.5 Å². The maximum atomic E-state index is 6.13. The smallest absolute Gasteiger partial charge is 0.124 e. The van der Waals surface area contributed by atoms with Gasteiger partial charge in [0.1, 0.15) is 17.6 Å². The summed E-state index contributed by atoms with van der Waals surface area (Å²) < 4.78 is 11.4. The Labute approximate surface area is 109 Å². The van der Waals surface area contributed by atoms with Crippen LogP contribution in [-0.2, 0) is 0 Å². The van der Waals surface area contributed by atoms with Crippen molar-refractivity contribution in [1.29, 1.82) is 0 Å². The second-order valence-electron chi connectivity index (χ2n) is 5.95. The van der Waals surface area contributed by atoms with Gasteiger partial charge in [-0.05, 0) is 30.7 Å². The molecule has 1 aliphatic rings. The van der Waals surface area contributed by atoms with Crippen molar-refractivity contribution in [3.05, 3.63) is 23.8 Å². The number of hydrogen-bond donors (Lipinski definition) is 1. The first-order valence-corrected chi connectivity index (χ1v) is 6.47. The van der Waals surface area contributed by atoms with E-state index in [2.05, 4.69) is 32.2 Å². The summed E-state index contributed by atoms with van der Waals surface area (Å²) in [6.07, 6.45) is 1.22. The topological polar surface area (TPSA) is 30.5 Å². The van der Waals surface area contributed by atoms with E-state index < -0.39 is 0 Å². The Balaban J connectivity index is 2.35. The summed E-state index contributed by atoms with van der Waals surface area (Å²) in [6.45, 7) is 6.66. The number of benzene rings is 1. The maximum Gasteiger partial charge on any atom is 0.124 e. The van der Waals surface area contributed by atoms with E-state index in [0.717, 1.165) is 17.9 Å². The first-order valence-electron chi connectivity index (χ1n) is 6.47. The molecule has 1 heterocycles. The van der Waals surface area contributed by atoms with Gasteiger partial charge in [-0.15, -0.1) is 0 Å². The summed E-state index contributed by atoms with van der Waals surface area (Å²) in [6, 6.07) is 6.36. The van der Waals surface area contributed by atoms with Crippen LogP contribution in [0.15, 0.2) is 18.2 Å². The Kier molecular flexibility index (Phi) is 3.53. The summed E-state index contributed by atoms with van der Waals surface area (Å²) in [4.78, 5) is 0. The molecular weight excluding hydrogens is 226 g/mol. The van der Waals surface area contributed by atoms with Gasteiger partial charge in [-0.1, -0.05) is 20.8 Å². The summed E-state index contributed by atoms with van der Waals surface area (Å²) in [5.74, 6) is 1.85. The van der Waals surface area contributed by atoms with Gasteiger partial charge in [-0.3, -0.25) is 0 Å². The molecule has 0 radical (unpaired) electrons. The third-order valence-corrected chi connectivity index (χ3v) is 3.63. The predicted octanol–water partition coefficient (Wildman–Crippen LogP) is 3.15. The van der Waals surface area contributed by atoms with Crippen molar-refractivity contribution in [3.8, 4) is 11.5 Å². The standard InChI is InChI=1S/C15H23NO2/c1-15(2,3)14-9-12(16-4)11-8-10(17-5)6-7-13(11)18-14/h6-8,12,14,16H,9H2,1-5H3. The van der Waals surface area contributed by atoms with Crippen LogP contribution < -0.4 is 14.8 Å². The molecule has 1 aromatic carbocycles. The lowest BCUT2D eigenvalue weighted by Gasteiger charge is -2.39. The van der Waals surface area contributed by atoms with Crippen LogP contribution in [0, 0.1) is 5.41 Å². The largest absolute Gasteiger partial charge is 0.497 e. The molecule has 100 valence electrons. The lowest BCUT2D eigenvalue weighted by molar-refractivity contribution is 0.0538. The number of hydrogen-bond acceptors (Lipinski definition) is 3. The summed E-state index contributed by atoms with van der Waals surface area (Å²) in [5, 5.41) is 3.38. The van der Waals surface area contributed by atoms with E-state index >= 15 is 0 Å². The highest BCUT2D eigenvalue weighted by Crippen LogP contribution is 2.41. The fourth-order valence-corrected chi connectivity index (χ4v) is 2.38. The normalized spacial score (nSPS) is 23.2. The van der Waals surface area contributed by atoms with E-state index in [1.165, 1.54) is 5.56 Å². The Morgan fingerprint density at radius 2 is 2.06 bits per heavy atom. The molecule has 2 atom stereocenters. The van der Waals surface area contributed by atoms with Gasteiger partial charge in [0.05, 0.1) is 7.11 Å². The van der Waals surface area contributed by atoms with Gasteiger partial charge >= 0.3 is 0 Å². The minimum Gasteiger partial charge on any atom is -0.497 e. The highest BCUT2D eigenvalue weighted by atomic mass is 16.5. The number of nitrogens with one attached hydrogen (secondary N) is 1. The monoisotopic (exact) mass is 249 g/mol. The molecule has 0 aromatic heterocycles. The zero-order valence-electron chi connectivity index (χ0n) is 11.9. The van der Waals surface area contributed by atoms with Gasteiger partial charge in [-0.2, -0.15) is 0 Å². The van der Waals surface area contributed by atoms with E-state index in [1.54, 1.807) is 7.11 Å². The van der Waals surface area contributed by atoms with Crippen molar-refractivity contribution >= 4 is 0 Å². The SMILES string of the molecule is CNC1CC(C(C)(C)C)Oc2ccc(OC)cc21. The van der Waals surface area contributed by atoms with Gasteiger partial charge in [0.2, 0.25) is 0 Å². The third-order valence-electron chi connectivity index (χ3n) is 3.63. The van der Waals surface area contributed by atoms with Crippen molar-refractivity contribution in [2.24, 2.45) is 5.41 Å². The van der Waals surface area contributed by atoms with E-state index in [0.29, 0.717) is 6.04 Å². The van der Waals surface area contributed by atoms with Crippen molar-refractivity contribution in [3.63, 3.8) is 0 Å². The van der Waals surface area contributed by atoms with Crippen LogP contribution in [0.4, 0.5) is 0 Å². The second kappa shape index (κ2) is 4.81. The highest BCUT2D eigenvalue weighted by Gasteiger charge is 2.35. The predicted molar refractivity (Wildman–Crippen MR) is 73.3 cm³/mol. The molecule has 18 heavy (non-hydrogen) atoms. The first-order chi connectivity index (χ1) is 8.45. The van der Waals surface area contributed by atoms with Crippen LogP contribution in [0.25, 0.3) is 0 Å². The molecule has 2 rings (SSSR count). The van der Waals surface area contributed by atoms with E-state index in [9.17, 15) is 0 Å². The van der Waals surface area contributed by atoms with Gasteiger partial charge < -0.3 is 14.8 Å². The minimum absolute atomic E-state index is 0.146. The molecule has 3 heteroatoms. The zero-order valence-corrected chi connectivity index (χ0v) is 11.9. The Bertz CT molecular complexity index is 423. The molecule has 0 aliphatic carbocycles. The summed E-state index contributed by atoms with van der Waals surface area (Å²) in [5.41, 5.74) is 1.34. The fraction of sp³-hybridized carbons (Fsp3) is 0.600. The molecule has 0 bridgehead atoms. The average molecular weight is 249 g/mol. The van der Waals surface area contributed by atoms with Crippen molar-refractivity contribution in [2.75, 3.05) is 14.2 Å². The molecule has 1 aliphatic heterocycles. The van der Waals surface area contributed by atoms with Crippen molar-refractivity contribution in [2.45, 2.75) is 39.3 Å². The molecule has 2 unspecified atom stereocenters. The quantitative estimate of drug-likeness (QED) is 0.873. The number of fused-ring (bicyclic) bond motifs is 1. The Hall–Kier alpha value is -1.22. The first kappa shape index (κ1) is 13.2. The van der Waals surface area contributed by atoms with Crippen LogP contribution in [0.3, 0.4) is 0 Å².